The van der Waals surface area contributed by atoms with E-state index < -0.39 is 0 Å². The number of nitrogens with one attached hydrogen (secondary N) is 2. The van der Waals surface area contributed by atoms with Crippen molar-refractivity contribution in [1.82, 2.24) is 10.3 Å². The Bertz CT molecular complexity index is 1220. The zero-order chi connectivity index (χ0) is 21.8. The fraction of sp³-hybridized carbons (Fsp3) is 0.0870. The highest BCUT2D eigenvalue weighted by Gasteiger charge is 2.12. The first-order valence-corrected chi connectivity index (χ1v) is 10.7. The van der Waals surface area contributed by atoms with Crippen LogP contribution >= 0.6 is 28.1 Å². The van der Waals surface area contributed by atoms with E-state index in [9.17, 15) is 4.79 Å². The Balaban J connectivity index is 0.00000289. The van der Waals surface area contributed by atoms with E-state index in [1.165, 1.54) is 0 Å². The van der Waals surface area contributed by atoms with E-state index in [0.717, 1.165) is 22.4 Å². The van der Waals surface area contributed by atoms with Crippen molar-refractivity contribution in [3.63, 3.8) is 0 Å². The third-order valence-electron chi connectivity index (χ3n) is 4.40. The standard InChI is InChI=1S/C23H18BrN3O3S.H2O/c1-2-29-19-12-9-15(13-17(19)24)21(28)27-23(31)25-16-10-7-14(8-11-16)22-26-18-5-3-4-6-20(18)30-22;/h3-13H,2H2,1H3,(H2,25,27,28,31);1H2. The van der Waals surface area contributed by atoms with Crippen molar-refractivity contribution in [2.45, 2.75) is 6.92 Å². The Morgan fingerprint density at radius 3 is 2.56 bits per heavy atom. The molecule has 0 radical (unpaired) electrons. The smallest absolute Gasteiger partial charge is 0.257 e. The number of ether oxygens (including phenoxy) is 1. The number of aromatic nitrogens is 1. The van der Waals surface area contributed by atoms with Crippen LogP contribution in [0.1, 0.15) is 17.3 Å². The Kier molecular flexibility index (Phi) is 7.57. The van der Waals surface area contributed by atoms with Gasteiger partial charge >= 0.3 is 0 Å². The van der Waals surface area contributed by atoms with Crippen LogP contribution in [0.5, 0.6) is 5.75 Å². The monoisotopic (exact) mass is 513 g/mol. The molecule has 0 spiro atoms. The van der Waals surface area contributed by atoms with Gasteiger partial charge in [-0.1, -0.05) is 12.1 Å². The summed E-state index contributed by atoms with van der Waals surface area (Å²) in [4.78, 5) is 17.0. The maximum Gasteiger partial charge on any atom is 0.257 e. The fourth-order valence-electron chi connectivity index (χ4n) is 2.94. The number of carbonyl (C=O) groups is 1. The molecule has 9 heteroatoms. The molecule has 1 heterocycles. The molecule has 0 aliphatic carbocycles. The lowest BCUT2D eigenvalue weighted by Crippen LogP contribution is -2.34. The molecule has 0 fully saturated rings. The van der Waals surface area contributed by atoms with Gasteiger partial charge in [-0.3, -0.25) is 10.1 Å². The summed E-state index contributed by atoms with van der Waals surface area (Å²) in [6, 6.07) is 20.2. The minimum Gasteiger partial charge on any atom is -0.493 e. The molecule has 4 rings (SSSR count). The Morgan fingerprint density at radius 2 is 1.88 bits per heavy atom. The number of nitrogens with zero attached hydrogens (tertiary/aromatic N) is 1. The number of para-hydroxylation sites is 2. The number of fused-ring (bicyclic) bond motifs is 1. The van der Waals surface area contributed by atoms with E-state index >= 15 is 0 Å². The van der Waals surface area contributed by atoms with Crippen LogP contribution < -0.4 is 15.4 Å². The summed E-state index contributed by atoms with van der Waals surface area (Å²) in [6.07, 6.45) is 0. The number of anilines is 1. The lowest BCUT2D eigenvalue weighted by atomic mass is 10.2. The number of halogens is 1. The van der Waals surface area contributed by atoms with Gasteiger partial charge in [-0.05, 0) is 89.7 Å². The minimum atomic E-state index is -0.315. The van der Waals surface area contributed by atoms with Crippen molar-refractivity contribution in [2.75, 3.05) is 11.9 Å². The van der Waals surface area contributed by atoms with Gasteiger partial charge in [0, 0.05) is 16.8 Å². The molecule has 0 bridgehead atoms. The molecule has 1 aromatic heterocycles. The molecule has 1 amide bonds. The van der Waals surface area contributed by atoms with Gasteiger partial charge in [-0.15, -0.1) is 0 Å². The summed E-state index contributed by atoms with van der Waals surface area (Å²) < 4.78 is 11.9. The van der Waals surface area contributed by atoms with Crippen molar-refractivity contribution in [3.8, 4) is 17.2 Å². The maximum absolute atomic E-state index is 12.5. The predicted octanol–water partition coefficient (Wildman–Crippen LogP) is 4.96. The van der Waals surface area contributed by atoms with Crippen LogP contribution in [0.4, 0.5) is 5.69 Å². The normalized spacial score (nSPS) is 10.3. The third kappa shape index (κ3) is 5.31. The first-order valence-electron chi connectivity index (χ1n) is 9.54. The predicted molar refractivity (Wildman–Crippen MR) is 132 cm³/mol. The van der Waals surface area contributed by atoms with Crippen molar-refractivity contribution in [2.24, 2.45) is 0 Å². The average Bonchev–Trinajstić information content (AvgIpc) is 3.20. The number of amides is 1. The highest BCUT2D eigenvalue weighted by molar-refractivity contribution is 9.10. The zero-order valence-electron chi connectivity index (χ0n) is 17.0. The molecule has 0 aliphatic rings. The SMILES string of the molecule is CCOc1ccc(C(=O)NC(=S)Nc2ccc(-c3nc4ccccc4o3)cc2)cc1Br.O. The van der Waals surface area contributed by atoms with Gasteiger partial charge < -0.3 is 19.9 Å². The van der Waals surface area contributed by atoms with Gasteiger partial charge in [0.1, 0.15) is 11.3 Å². The molecule has 0 aliphatic heterocycles. The van der Waals surface area contributed by atoms with Crippen LogP contribution in [0.25, 0.3) is 22.6 Å². The number of oxazole rings is 1. The Morgan fingerprint density at radius 1 is 1.12 bits per heavy atom. The molecular weight excluding hydrogens is 494 g/mol. The van der Waals surface area contributed by atoms with Crippen LogP contribution in [0.3, 0.4) is 0 Å². The summed E-state index contributed by atoms with van der Waals surface area (Å²) in [6.45, 7) is 2.44. The quantitative estimate of drug-likeness (QED) is 0.365. The van der Waals surface area contributed by atoms with E-state index in [4.69, 9.17) is 21.4 Å². The van der Waals surface area contributed by atoms with Gasteiger partial charge in [-0.2, -0.15) is 0 Å². The van der Waals surface area contributed by atoms with E-state index in [1.54, 1.807) is 18.2 Å². The maximum atomic E-state index is 12.5. The van der Waals surface area contributed by atoms with Gasteiger partial charge in [0.15, 0.2) is 10.7 Å². The second-order valence-corrected chi connectivity index (χ2v) is 7.81. The van der Waals surface area contributed by atoms with Gasteiger partial charge in [0.2, 0.25) is 5.89 Å². The van der Waals surface area contributed by atoms with Crippen molar-refractivity contribution in [1.29, 1.82) is 0 Å². The highest BCUT2D eigenvalue weighted by Crippen LogP contribution is 2.26. The Hall–Kier alpha value is -3.27. The van der Waals surface area contributed by atoms with Gasteiger partial charge in [0.25, 0.3) is 5.91 Å². The second kappa shape index (κ2) is 10.4. The van der Waals surface area contributed by atoms with Crippen LogP contribution in [-0.2, 0) is 0 Å². The molecular formula is C23H20BrN3O4S. The van der Waals surface area contributed by atoms with Gasteiger partial charge in [-0.25, -0.2) is 4.98 Å². The third-order valence-corrected chi connectivity index (χ3v) is 5.23. The summed E-state index contributed by atoms with van der Waals surface area (Å²) in [7, 11) is 0. The topological polar surface area (TPSA) is 108 Å². The number of rotatable bonds is 5. The number of hydrogen-bond acceptors (Lipinski definition) is 5. The largest absolute Gasteiger partial charge is 0.493 e. The molecule has 4 N–H and O–H groups in total. The van der Waals surface area contributed by atoms with E-state index in [1.807, 2.05) is 55.5 Å². The lowest BCUT2D eigenvalue weighted by Gasteiger charge is -2.11. The molecule has 4 aromatic rings. The summed E-state index contributed by atoms with van der Waals surface area (Å²) in [5.74, 6) is 0.910. The lowest BCUT2D eigenvalue weighted by molar-refractivity contribution is 0.0977. The molecule has 0 unspecified atom stereocenters. The van der Waals surface area contributed by atoms with Crippen LogP contribution in [-0.4, -0.2) is 28.1 Å². The number of carbonyl (C=O) groups excluding carboxylic acids is 1. The van der Waals surface area contributed by atoms with Crippen LogP contribution in [0, 0.1) is 0 Å². The summed E-state index contributed by atoms with van der Waals surface area (Å²) in [5.41, 5.74) is 3.59. The molecule has 3 aromatic carbocycles. The van der Waals surface area contributed by atoms with E-state index in [-0.39, 0.29) is 16.5 Å². The summed E-state index contributed by atoms with van der Waals surface area (Å²) in [5, 5.41) is 5.88. The molecule has 7 nitrogen and oxygen atoms in total. The number of benzene rings is 3. The zero-order valence-corrected chi connectivity index (χ0v) is 19.4. The Labute approximate surface area is 198 Å². The van der Waals surface area contributed by atoms with Crippen molar-refractivity contribution < 1.29 is 19.4 Å². The average molecular weight is 514 g/mol. The minimum absolute atomic E-state index is 0. The molecule has 0 saturated carbocycles. The van der Waals surface area contributed by atoms with Crippen LogP contribution in [0.2, 0.25) is 0 Å². The highest BCUT2D eigenvalue weighted by atomic mass is 79.9. The van der Waals surface area contributed by atoms with Crippen molar-refractivity contribution >= 4 is 56.0 Å². The molecule has 164 valence electrons. The fourth-order valence-corrected chi connectivity index (χ4v) is 3.65. The van der Waals surface area contributed by atoms with Crippen LogP contribution in [0.15, 0.2) is 75.6 Å². The second-order valence-electron chi connectivity index (χ2n) is 6.55. The first-order chi connectivity index (χ1) is 15.0. The van der Waals surface area contributed by atoms with Gasteiger partial charge in [0.05, 0.1) is 11.1 Å². The molecule has 0 atom stereocenters. The summed E-state index contributed by atoms with van der Waals surface area (Å²) >= 11 is 8.68. The van der Waals surface area contributed by atoms with Crippen molar-refractivity contribution in [3.05, 3.63) is 76.8 Å². The molecule has 0 saturated heterocycles. The first kappa shape index (κ1) is 23.4. The number of thiocarbonyl (C=S) groups is 1. The number of hydrogen-bond donors (Lipinski definition) is 2. The van der Waals surface area contributed by atoms with E-state index in [2.05, 4.69) is 31.5 Å². The van der Waals surface area contributed by atoms with E-state index in [0.29, 0.717) is 28.3 Å². The molecule has 32 heavy (non-hydrogen) atoms.